The van der Waals surface area contributed by atoms with Crippen molar-refractivity contribution in [3.63, 3.8) is 0 Å². The van der Waals surface area contributed by atoms with E-state index in [1.807, 2.05) is 45.2 Å². The lowest BCUT2D eigenvalue weighted by Gasteiger charge is -2.12. The van der Waals surface area contributed by atoms with Gasteiger partial charge in [0.05, 0.1) is 11.6 Å². The number of aromatic nitrogens is 4. The van der Waals surface area contributed by atoms with Crippen LogP contribution in [0, 0.1) is 0 Å². The molecule has 0 saturated carbocycles. The molecule has 10 heteroatoms. The first-order chi connectivity index (χ1) is 17.5. The average Bonchev–Trinajstić information content (AvgIpc) is 3.54. The summed E-state index contributed by atoms with van der Waals surface area (Å²) in [6, 6.07) is 15.9. The summed E-state index contributed by atoms with van der Waals surface area (Å²) in [6.07, 6.45) is 1.76. The third-order valence-corrected chi connectivity index (χ3v) is 5.97. The van der Waals surface area contributed by atoms with Crippen molar-refractivity contribution in [1.82, 2.24) is 35.9 Å². The van der Waals surface area contributed by atoms with E-state index in [4.69, 9.17) is 14.7 Å². The van der Waals surface area contributed by atoms with Gasteiger partial charge in [0.25, 0.3) is 5.91 Å². The Hall–Kier alpha value is -4.02. The van der Waals surface area contributed by atoms with Crippen LogP contribution in [-0.4, -0.2) is 51.4 Å². The number of aryl methyl sites for hydroxylation is 1. The Kier molecular flexibility index (Phi) is 6.79. The van der Waals surface area contributed by atoms with Crippen LogP contribution in [0.4, 0.5) is 11.5 Å². The van der Waals surface area contributed by atoms with E-state index in [9.17, 15) is 4.79 Å². The van der Waals surface area contributed by atoms with Crippen molar-refractivity contribution >= 4 is 28.4 Å². The lowest BCUT2D eigenvalue weighted by molar-refractivity contribution is -0.123. The molecule has 0 unspecified atom stereocenters. The highest BCUT2D eigenvalue weighted by Crippen LogP contribution is 2.29. The van der Waals surface area contributed by atoms with Gasteiger partial charge < -0.3 is 15.4 Å². The molecule has 2 aromatic carbocycles. The molecule has 1 amide bonds. The van der Waals surface area contributed by atoms with Crippen molar-refractivity contribution in [3.8, 4) is 17.1 Å². The molecular weight excluding hydrogens is 456 g/mol. The van der Waals surface area contributed by atoms with Gasteiger partial charge in [-0.1, -0.05) is 24.3 Å². The van der Waals surface area contributed by atoms with E-state index in [0.29, 0.717) is 29.0 Å². The molecule has 1 saturated heterocycles. The molecule has 0 radical (unpaired) electrons. The molecule has 0 spiro atoms. The van der Waals surface area contributed by atoms with E-state index in [0.717, 1.165) is 29.7 Å². The fourth-order valence-electron chi connectivity index (χ4n) is 4.16. The summed E-state index contributed by atoms with van der Waals surface area (Å²) in [4.78, 5) is 21.5. The molecular formula is C26H30N8O2. The molecule has 5 rings (SSSR count). The number of carbonyl (C=O) groups is 1. The second-order valence-electron chi connectivity index (χ2n) is 9.15. The molecule has 2 aromatic heterocycles. The molecule has 186 valence electrons. The summed E-state index contributed by atoms with van der Waals surface area (Å²) < 4.78 is 7.42. The first-order valence-electron chi connectivity index (χ1n) is 12.0. The second kappa shape index (κ2) is 10.3. The standard InChI is InChI=1S/C26H30N8O2/c1-16(2)30-23(35)15-36-21-6-4-5-18(11-21)24-32-25(22-14-29-34(3)26(22)33-24)31-20-9-7-17(8-10-20)19-12-27-28-13-19/h4-11,14,16,19,27-28H,12-13,15H2,1-3H3,(H,30,35)(H,31,32,33). The van der Waals surface area contributed by atoms with Crippen molar-refractivity contribution in [3.05, 3.63) is 60.3 Å². The van der Waals surface area contributed by atoms with Gasteiger partial charge in [-0.25, -0.2) is 9.97 Å². The van der Waals surface area contributed by atoms with Gasteiger partial charge in [-0.2, -0.15) is 5.10 Å². The molecule has 36 heavy (non-hydrogen) atoms. The van der Waals surface area contributed by atoms with Crippen LogP contribution in [0.25, 0.3) is 22.4 Å². The number of anilines is 2. The monoisotopic (exact) mass is 486 g/mol. The second-order valence-corrected chi connectivity index (χ2v) is 9.15. The maximum Gasteiger partial charge on any atom is 0.258 e. The van der Waals surface area contributed by atoms with Crippen LogP contribution >= 0.6 is 0 Å². The molecule has 3 heterocycles. The Labute approximate surface area is 209 Å². The summed E-state index contributed by atoms with van der Waals surface area (Å²) >= 11 is 0. The van der Waals surface area contributed by atoms with Crippen LogP contribution in [0.1, 0.15) is 25.3 Å². The van der Waals surface area contributed by atoms with Gasteiger partial charge in [-0.05, 0) is 43.7 Å². The number of fused-ring (bicyclic) bond motifs is 1. The largest absolute Gasteiger partial charge is 0.484 e. The van der Waals surface area contributed by atoms with E-state index < -0.39 is 0 Å². The third-order valence-electron chi connectivity index (χ3n) is 5.97. The number of rotatable bonds is 8. The van der Waals surface area contributed by atoms with E-state index in [1.165, 1.54) is 5.56 Å². The first kappa shape index (κ1) is 23.7. The summed E-state index contributed by atoms with van der Waals surface area (Å²) in [5, 5.41) is 11.5. The number of nitrogens with one attached hydrogen (secondary N) is 4. The minimum atomic E-state index is -0.166. The maximum atomic E-state index is 12.0. The highest BCUT2D eigenvalue weighted by molar-refractivity contribution is 5.90. The van der Waals surface area contributed by atoms with Crippen molar-refractivity contribution < 1.29 is 9.53 Å². The van der Waals surface area contributed by atoms with Crippen LogP contribution in [0.3, 0.4) is 0 Å². The SMILES string of the molecule is CC(C)NC(=O)COc1cccc(-c2nc(Nc3ccc(C4CNNC4)cc3)c3cnn(C)c3n2)c1. The molecule has 4 aromatic rings. The number of nitrogens with zero attached hydrogens (tertiary/aromatic N) is 4. The number of carbonyl (C=O) groups excluding carboxylic acids is 1. The van der Waals surface area contributed by atoms with E-state index in [2.05, 4.69) is 50.8 Å². The first-order valence-corrected chi connectivity index (χ1v) is 12.0. The fraction of sp³-hybridized carbons (Fsp3) is 0.308. The van der Waals surface area contributed by atoms with Gasteiger partial charge >= 0.3 is 0 Å². The predicted molar refractivity (Wildman–Crippen MR) is 139 cm³/mol. The number of hydrazine groups is 1. The van der Waals surface area contributed by atoms with Gasteiger partial charge in [0, 0.05) is 43.3 Å². The maximum absolute atomic E-state index is 12.0. The smallest absolute Gasteiger partial charge is 0.258 e. The number of ether oxygens (including phenoxy) is 1. The number of hydrogen-bond acceptors (Lipinski definition) is 8. The van der Waals surface area contributed by atoms with Crippen molar-refractivity contribution in [2.75, 3.05) is 25.0 Å². The van der Waals surface area contributed by atoms with Crippen LogP contribution in [0.2, 0.25) is 0 Å². The summed E-state index contributed by atoms with van der Waals surface area (Å²) in [5.74, 6) is 2.07. The van der Waals surface area contributed by atoms with Crippen molar-refractivity contribution in [1.29, 1.82) is 0 Å². The topological polar surface area (TPSA) is 118 Å². The van der Waals surface area contributed by atoms with Crippen LogP contribution in [0.5, 0.6) is 5.75 Å². The quantitative estimate of drug-likeness (QED) is 0.300. The minimum absolute atomic E-state index is 0.0565. The van der Waals surface area contributed by atoms with Crippen LogP contribution in [-0.2, 0) is 11.8 Å². The Morgan fingerprint density at radius 2 is 1.92 bits per heavy atom. The summed E-state index contributed by atoms with van der Waals surface area (Å²) in [6.45, 7) is 5.61. The Bertz CT molecular complexity index is 1360. The molecule has 1 fully saturated rings. The molecule has 0 atom stereocenters. The highest BCUT2D eigenvalue weighted by Gasteiger charge is 2.17. The minimum Gasteiger partial charge on any atom is -0.484 e. The van der Waals surface area contributed by atoms with Gasteiger partial charge in [0.2, 0.25) is 0 Å². The van der Waals surface area contributed by atoms with E-state index >= 15 is 0 Å². The molecule has 1 aliphatic rings. The third kappa shape index (κ3) is 5.29. The molecule has 10 nitrogen and oxygen atoms in total. The summed E-state index contributed by atoms with van der Waals surface area (Å²) in [5.41, 5.74) is 10.1. The zero-order chi connectivity index (χ0) is 25.1. The Balaban J connectivity index is 1.40. The normalized spacial score (nSPS) is 13.9. The predicted octanol–water partition coefficient (Wildman–Crippen LogP) is 2.87. The Morgan fingerprint density at radius 1 is 1.14 bits per heavy atom. The highest BCUT2D eigenvalue weighted by atomic mass is 16.5. The van der Waals surface area contributed by atoms with Gasteiger partial charge in [0.1, 0.15) is 11.6 Å². The van der Waals surface area contributed by atoms with Crippen LogP contribution < -0.4 is 26.2 Å². The van der Waals surface area contributed by atoms with E-state index in [-0.39, 0.29) is 18.6 Å². The zero-order valence-electron chi connectivity index (χ0n) is 20.6. The van der Waals surface area contributed by atoms with Gasteiger partial charge in [-0.15, -0.1) is 0 Å². The average molecular weight is 487 g/mol. The summed E-state index contributed by atoms with van der Waals surface area (Å²) in [7, 11) is 1.86. The van der Waals surface area contributed by atoms with Gasteiger partial charge in [-0.3, -0.25) is 20.3 Å². The number of amides is 1. The zero-order valence-corrected chi connectivity index (χ0v) is 20.6. The van der Waals surface area contributed by atoms with Gasteiger partial charge in [0.15, 0.2) is 18.1 Å². The van der Waals surface area contributed by atoms with Crippen molar-refractivity contribution in [2.45, 2.75) is 25.8 Å². The lowest BCUT2D eigenvalue weighted by atomic mass is 10.0. The Morgan fingerprint density at radius 3 is 2.67 bits per heavy atom. The number of hydrogen-bond donors (Lipinski definition) is 4. The molecule has 4 N–H and O–H groups in total. The van der Waals surface area contributed by atoms with Crippen molar-refractivity contribution in [2.24, 2.45) is 7.05 Å². The van der Waals surface area contributed by atoms with E-state index in [1.54, 1.807) is 10.9 Å². The lowest BCUT2D eigenvalue weighted by Crippen LogP contribution is -2.34. The molecule has 0 aliphatic carbocycles. The number of benzene rings is 2. The van der Waals surface area contributed by atoms with Crippen LogP contribution in [0.15, 0.2) is 54.7 Å². The molecule has 1 aliphatic heterocycles. The fourth-order valence-corrected chi connectivity index (χ4v) is 4.16. The molecule has 0 bridgehead atoms.